The first kappa shape index (κ1) is 14.6. The van der Waals surface area contributed by atoms with E-state index in [-0.39, 0.29) is 0 Å². The molecule has 2 aromatic carbocycles. The van der Waals surface area contributed by atoms with E-state index in [9.17, 15) is 0 Å². The van der Waals surface area contributed by atoms with Crippen molar-refractivity contribution in [2.75, 3.05) is 5.73 Å². The van der Waals surface area contributed by atoms with Gasteiger partial charge in [0.15, 0.2) is 0 Å². The Morgan fingerprint density at radius 2 is 1.95 bits per heavy atom. The van der Waals surface area contributed by atoms with Gasteiger partial charge < -0.3 is 10.5 Å². The summed E-state index contributed by atoms with van der Waals surface area (Å²) < 4.78 is 5.80. The predicted molar refractivity (Wildman–Crippen MR) is 92.3 cm³/mol. The first-order chi connectivity index (χ1) is 10.7. The number of aromatic nitrogens is 1. The third kappa shape index (κ3) is 2.97. The average molecular weight is 309 g/mol. The Morgan fingerprint density at radius 1 is 1.18 bits per heavy atom. The molecule has 0 aliphatic rings. The molecule has 22 heavy (non-hydrogen) atoms. The number of para-hydroxylation sites is 1. The third-order valence-corrected chi connectivity index (χ3v) is 4.61. The van der Waals surface area contributed by atoms with Gasteiger partial charge >= 0.3 is 0 Å². The second-order valence-corrected chi connectivity index (χ2v) is 6.03. The highest BCUT2D eigenvalue weighted by Crippen LogP contribution is 2.34. The van der Waals surface area contributed by atoms with Crippen molar-refractivity contribution in [3.8, 4) is 22.1 Å². The van der Waals surface area contributed by atoms with Crippen LogP contribution < -0.4 is 10.5 Å². The molecule has 0 atom stereocenters. The zero-order valence-corrected chi connectivity index (χ0v) is 13.2. The maximum Gasteiger partial charge on any atom is 0.150 e. The van der Waals surface area contributed by atoms with Crippen LogP contribution in [0.25, 0.3) is 10.6 Å². The van der Waals surface area contributed by atoms with Crippen molar-refractivity contribution >= 4 is 17.0 Å². The Bertz CT molecular complexity index is 781. The van der Waals surface area contributed by atoms with E-state index in [2.05, 4.69) is 11.9 Å². The molecule has 1 radical (unpaired) electrons. The molecule has 1 heterocycles. The summed E-state index contributed by atoms with van der Waals surface area (Å²) in [7, 11) is 0. The topological polar surface area (TPSA) is 48.1 Å². The van der Waals surface area contributed by atoms with Gasteiger partial charge in [-0.2, -0.15) is 0 Å². The lowest BCUT2D eigenvalue weighted by atomic mass is 10.2. The fourth-order valence-corrected chi connectivity index (χ4v) is 3.13. The molecule has 0 fully saturated rings. The maximum atomic E-state index is 6.12. The summed E-state index contributed by atoms with van der Waals surface area (Å²) >= 11 is 1.66. The van der Waals surface area contributed by atoms with Crippen molar-refractivity contribution in [2.24, 2.45) is 0 Å². The quantitative estimate of drug-likeness (QED) is 0.699. The summed E-state index contributed by atoms with van der Waals surface area (Å²) in [6.07, 6.45) is 0.758. The van der Waals surface area contributed by atoms with E-state index in [1.165, 1.54) is 4.88 Å². The molecule has 0 aliphatic heterocycles. The smallest absolute Gasteiger partial charge is 0.150 e. The standard InChI is InChI=1S/C18H17N2OS/c1-3-17-12(2)20-18(22-17)13-9-10-16(15(19)11-13)21-14-7-5-4-6-8-14/h4-11H,1,3,19H2,2H3. The molecule has 0 amide bonds. The molecule has 0 aliphatic carbocycles. The molecule has 3 rings (SSSR count). The highest BCUT2D eigenvalue weighted by atomic mass is 32.1. The highest BCUT2D eigenvalue weighted by molar-refractivity contribution is 7.15. The monoisotopic (exact) mass is 309 g/mol. The van der Waals surface area contributed by atoms with Crippen molar-refractivity contribution in [3.05, 3.63) is 66.0 Å². The van der Waals surface area contributed by atoms with E-state index < -0.39 is 0 Å². The second-order valence-electron chi connectivity index (χ2n) is 4.95. The molecule has 3 nitrogen and oxygen atoms in total. The van der Waals surface area contributed by atoms with E-state index in [0.717, 1.165) is 28.4 Å². The number of hydrogen-bond acceptors (Lipinski definition) is 4. The van der Waals surface area contributed by atoms with Gasteiger partial charge in [0.25, 0.3) is 0 Å². The molecule has 2 N–H and O–H groups in total. The molecule has 3 aromatic rings. The molecule has 4 heteroatoms. The average Bonchev–Trinajstić information content (AvgIpc) is 2.91. The summed E-state index contributed by atoms with van der Waals surface area (Å²) in [6.45, 7) is 5.94. The lowest BCUT2D eigenvalue weighted by Gasteiger charge is -2.09. The number of benzene rings is 2. The van der Waals surface area contributed by atoms with Crippen molar-refractivity contribution < 1.29 is 4.74 Å². The second kappa shape index (κ2) is 6.20. The van der Waals surface area contributed by atoms with Crippen molar-refractivity contribution in [2.45, 2.75) is 13.3 Å². The lowest BCUT2D eigenvalue weighted by Crippen LogP contribution is -1.92. The van der Waals surface area contributed by atoms with Crippen LogP contribution >= 0.6 is 11.3 Å². The molecular formula is C18H17N2OS. The summed E-state index contributed by atoms with van der Waals surface area (Å²) in [5.74, 6) is 1.42. The zero-order valence-electron chi connectivity index (χ0n) is 12.4. The highest BCUT2D eigenvalue weighted by Gasteiger charge is 2.10. The molecule has 1 aromatic heterocycles. The van der Waals surface area contributed by atoms with Crippen molar-refractivity contribution in [3.63, 3.8) is 0 Å². The molecule has 0 bridgehead atoms. The number of ether oxygens (including phenoxy) is 1. The van der Waals surface area contributed by atoms with Crippen LogP contribution in [0.3, 0.4) is 0 Å². The Morgan fingerprint density at radius 3 is 2.59 bits per heavy atom. The van der Waals surface area contributed by atoms with Gasteiger partial charge in [0.2, 0.25) is 0 Å². The van der Waals surface area contributed by atoms with Gasteiger partial charge in [-0.3, -0.25) is 0 Å². The number of nitrogens with two attached hydrogens (primary N) is 1. The van der Waals surface area contributed by atoms with Crippen LogP contribution in [0.1, 0.15) is 10.6 Å². The van der Waals surface area contributed by atoms with E-state index in [0.29, 0.717) is 11.4 Å². The minimum Gasteiger partial charge on any atom is -0.455 e. The van der Waals surface area contributed by atoms with Crippen LogP contribution in [-0.4, -0.2) is 4.98 Å². The van der Waals surface area contributed by atoms with Crippen LogP contribution in [-0.2, 0) is 6.42 Å². The molecule has 0 unspecified atom stereocenters. The number of aryl methyl sites for hydroxylation is 1. The number of rotatable bonds is 4. The zero-order chi connectivity index (χ0) is 15.5. The van der Waals surface area contributed by atoms with E-state index in [1.54, 1.807) is 11.3 Å². The van der Waals surface area contributed by atoms with Gasteiger partial charge in [0.1, 0.15) is 16.5 Å². The van der Waals surface area contributed by atoms with E-state index >= 15 is 0 Å². The lowest BCUT2D eigenvalue weighted by molar-refractivity contribution is 0.485. The number of nitrogens with zero attached hydrogens (tertiary/aromatic N) is 1. The number of anilines is 1. The summed E-state index contributed by atoms with van der Waals surface area (Å²) in [4.78, 5) is 5.80. The maximum absolute atomic E-state index is 6.12. The molecule has 111 valence electrons. The fourth-order valence-electron chi connectivity index (χ4n) is 2.17. The summed E-state index contributed by atoms with van der Waals surface area (Å²) in [5, 5.41) is 0.967. The predicted octanol–water partition coefficient (Wildman–Crippen LogP) is 4.87. The van der Waals surface area contributed by atoms with Gasteiger partial charge in [-0.15, -0.1) is 11.3 Å². The van der Waals surface area contributed by atoms with Gasteiger partial charge in [-0.05, 0) is 50.6 Å². The molecule has 0 saturated heterocycles. The minimum absolute atomic E-state index is 0.602. The van der Waals surface area contributed by atoms with Crippen molar-refractivity contribution in [1.29, 1.82) is 0 Å². The summed E-state index contributed by atoms with van der Waals surface area (Å²) in [6, 6.07) is 15.4. The Balaban J connectivity index is 1.88. The van der Waals surface area contributed by atoms with E-state index in [4.69, 9.17) is 10.5 Å². The first-order valence-electron chi connectivity index (χ1n) is 7.05. The molecule has 0 spiro atoms. The Labute approximate surface area is 134 Å². The third-order valence-electron chi connectivity index (χ3n) is 3.35. The van der Waals surface area contributed by atoms with Gasteiger partial charge in [0, 0.05) is 10.4 Å². The SMILES string of the molecule is [CH2]Cc1sc(-c2ccc(Oc3ccccc3)c(N)c2)nc1C. The largest absolute Gasteiger partial charge is 0.455 e. The normalized spacial score (nSPS) is 10.6. The van der Waals surface area contributed by atoms with Crippen molar-refractivity contribution in [1.82, 2.24) is 4.98 Å². The Kier molecular flexibility index (Phi) is 4.11. The number of thiazole rings is 1. The van der Waals surface area contributed by atoms with Crippen LogP contribution in [0.5, 0.6) is 11.5 Å². The van der Waals surface area contributed by atoms with Gasteiger partial charge in [0.05, 0.1) is 11.4 Å². The minimum atomic E-state index is 0.602. The van der Waals surface area contributed by atoms with Gasteiger partial charge in [-0.25, -0.2) is 4.98 Å². The first-order valence-corrected chi connectivity index (χ1v) is 7.87. The number of nitrogen functional groups attached to an aromatic ring is 1. The van der Waals surface area contributed by atoms with Crippen LogP contribution in [0.2, 0.25) is 0 Å². The molecule has 0 saturated carbocycles. The van der Waals surface area contributed by atoms with Gasteiger partial charge in [-0.1, -0.05) is 18.2 Å². The molecular weight excluding hydrogens is 292 g/mol. The van der Waals surface area contributed by atoms with E-state index in [1.807, 2.05) is 55.5 Å². The Hall–Kier alpha value is -2.33. The fraction of sp³-hybridized carbons (Fsp3) is 0.111. The summed E-state index contributed by atoms with van der Waals surface area (Å²) in [5.41, 5.74) is 8.77. The number of hydrogen-bond donors (Lipinski definition) is 1. The van der Waals surface area contributed by atoms with Crippen LogP contribution in [0.4, 0.5) is 5.69 Å². The van der Waals surface area contributed by atoms with Crippen LogP contribution in [0, 0.1) is 13.8 Å². The van der Waals surface area contributed by atoms with Crippen LogP contribution in [0.15, 0.2) is 48.5 Å².